The monoisotopic (exact) mass is 179 g/mol. The Morgan fingerprint density at radius 2 is 2.00 bits per heavy atom. The third kappa shape index (κ3) is 3.71. The number of amides is 1. The van der Waals surface area contributed by atoms with Gasteiger partial charge in [-0.1, -0.05) is 29.8 Å². The summed E-state index contributed by atoms with van der Waals surface area (Å²) in [5.41, 5.74) is 4.52. The fourth-order valence-corrected chi connectivity index (χ4v) is 0.905. The minimum atomic E-state index is -0.188. The maximum atomic E-state index is 10.5. The number of hydrogen-bond acceptors (Lipinski definition) is 2. The molecule has 0 fully saturated rings. The minimum absolute atomic E-state index is 0.188. The van der Waals surface area contributed by atoms with Crippen LogP contribution in [0.5, 0.6) is 0 Å². The fraction of sp³-hybridized carbons (Fsp3) is 0.300. The molecule has 0 unspecified atom stereocenters. The van der Waals surface area contributed by atoms with Crippen molar-refractivity contribution in [2.24, 2.45) is 0 Å². The zero-order valence-electron chi connectivity index (χ0n) is 7.83. The Kier molecular flexibility index (Phi) is 3.46. The molecule has 0 spiro atoms. The predicted molar refractivity (Wildman–Crippen MR) is 49.8 cm³/mol. The second-order valence-electron chi connectivity index (χ2n) is 2.93. The first-order valence-electron chi connectivity index (χ1n) is 4.12. The highest BCUT2D eigenvalue weighted by Crippen LogP contribution is 2.03. The van der Waals surface area contributed by atoms with Crippen molar-refractivity contribution < 1.29 is 9.63 Å². The van der Waals surface area contributed by atoms with Crippen molar-refractivity contribution in [3.05, 3.63) is 35.4 Å². The number of hydroxylamine groups is 1. The van der Waals surface area contributed by atoms with E-state index in [1.165, 1.54) is 12.5 Å². The van der Waals surface area contributed by atoms with Crippen LogP contribution in [0.15, 0.2) is 24.3 Å². The Morgan fingerprint density at radius 1 is 1.38 bits per heavy atom. The Balaban J connectivity index is 2.37. The molecule has 0 aliphatic heterocycles. The maximum absolute atomic E-state index is 10.5. The molecule has 1 rings (SSSR count). The van der Waals surface area contributed by atoms with Gasteiger partial charge < -0.3 is 0 Å². The lowest BCUT2D eigenvalue weighted by Crippen LogP contribution is -2.19. The van der Waals surface area contributed by atoms with Gasteiger partial charge in [0.05, 0.1) is 6.61 Å². The Labute approximate surface area is 77.7 Å². The average molecular weight is 179 g/mol. The van der Waals surface area contributed by atoms with Gasteiger partial charge in [-0.2, -0.15) is 0 Å². The topological polar surface area (TPSA) is 38.3 Å². The molecule has 0 saturated heterocycles. The van der Waals surface area contributed by atoms with E-state index >= 15 is 0 Å². The van der Waals surface area contributed by atoms with Gasteiger partial charge in [-0.15, -0.1) is 0 Å². The van der Waals surface area contributed by atoms with E-state index in [0.29, 0.717) is 6.61 Å². The molecule has 0 bridgehead atoms. The Bertz CT molecular complexity index is 279. The first-order valence-corrected chi connectivity index (χ1v) is 4.12. The molecule has 13 heavy (non-hydrogen) atoms. The van der Waals surface area contributed by atoms with Crippen molar-refractivity contribution in [3.63, 3.8) is 0 Å². The van der Waals surface area contributed by atoms with Gasteiger partial charge in [0.2, 0.25) is 5.91 Å². The summed E-state index contributed by atoms with van der Waals surface area (Å²) >= 11 is 0. The van der Waals surface area contributed by atoms with Crippen LogP contribution in [0.1, 0.15) is 18.1 Å². The number of hydrogen-bond donors (Lipinski definition) is 1. The number of aryl methyl sites for hydroxylation is 1. The molecule has 1 aromatic carbocycles. The molecule has 70 valence electrons. The fourth-order valence-electron chi connectivity index (χ4n) is 0.905. The summed E-state index contributed by atoms with van der Waals surface area (Å²) < 4.78 is 0. The van der Waals surface area contributed by atoms with Gasteiger partial charge in [-0.3, -0.25) is 9.63 Å². The lowest BCUT2D eigenvalue weighted by atomic mass is 10.2. The first kappa shape index (κ1) is 9.74. The van der Waals surface area contributed by atoms with Gasteiger partial charge in [-0.25, -0.2) is 5.48 Å². The highest BCUT2D eigenvalue weighted by molar-refractivity contribution is 5.71. The smallest absolute Gasteiger partial charge is 0.240 e. The van der Waals surface area contributed by atoms with Crippen molar-refractivity contribution in [2.75, 3.05) is 0 Å². The average Bonchev–Trinajstić information content (AvgIpc) is 2.08. The normalized spacial score (nSPS) is 9.69. The molecule has 0 aliphatic carbocycles. The molecule has 0 atom stereocenters. The van der Waals surface area contributed by atoms with Crippen LogP contribution in [-0.4, -0.2) is 5.91 Å². The standard InChI is InChI=1S/C10H13NO2/c1-8-3-5-10(6-4-8)7-13-11-9(2)12/h3-6H,7H2,1-2H3,(H,11,12). The van der Waals surface area contributed by atoms with Crippen molar-refractivity contribution >= 4 is 5.91 Å². The molecule has 0 saturated carbocycles. The van der Waals surface area contributed by atoms with Crippen LogP contribution in [0.25, 0.3) is 0 Å². The van der Waals surface area contributed by atoms with E-state index in [-0.39, 0.29) is 5.91 Å². The number of benzene rings is 1. The summed E-state index contributed by atoms with van der Waals surface area (Å²) in [6.07, 6.45) is 0. The van der Waals surface area contributed by atoms with Crippen molar-refractivity contribution in [3.8, 4) is 0 Å². The molecule has 0 aliphatic rings. The SMILES string of the molecule is CC(=O)NOCc1ccc(C)cc1. The van der Waals surface area contributed by atoms with Crippen LogP contribution in [0.2, 0.25) is 0 Å². The first-order chi connectivity index (χ1) is 6.18. The van der Waals surface area contributed by atoms with Crippen LogP contribution in [-0.2, 0) is 16.2 Å². The quantitative estimate of drug-likeness (QED) is 0.715. The number of rotatable bonds is 3. The van der Waals surface area contributed by atoms with Gasteiger partial charge in [0.25, 0.3) is 0 Å². The Morgan fingerprint density at radius 3 is 2.54 bits per heavy atom. The summed E-state index contributed by atoms with van der Waals surface area (Å²) in [4.78, 5) is 15.4. The summed E-state index contributed by atoms with van der Waals surface area (Å²) in [6, 6.07) is 7.95. The van der Waals surface area contributed by atoms with Crippen molar-refractivity contribution in [2.45, 2.75) is 20.5 Å². The zero-order chi connectivity index (χ0) is 9.68. The van der Waals surface area contributed by atoms with E-state index < -0.39 is 0 Å². The summed E-state index contributed by atoms with van der Waals surface area (Å²) in [5, 5.41) is 0. The third-order valence-corrected chi connectivity index (χ3v) is 1.58. The molecule has 1 aromatic rings. The Hall–Kier alpha value is -1.35. The van der Waals surface area contributed by atoms with E-state index in [1.807, 2.05) is 31.2 Å². The van der Waals surface area contributed by atoms with E-state index in [0.717, 1.165) is 5.56 Å². The summed E-state index contributed by atoms with van der Waals surface area (Å²) in [6.45, 7) is 3.84. The zero-order valence-corrected chi connectivity index (χ0v) is 7.83. The second-order valence-corrected chi connectivity index (χ2v) is 2.93. The molecular weight excluding hydrogens is 166 g/mol. The number of carbonyl (C=O) groups is 1. The van der Waals surface area contributed by atoms with Crippen molar-refractivity contribution in [1.82, 2.24) is 5.48 Å². The van der Waals surface area contributed by atoms with E-state index in [4.69, 9.17) is 4.84 Å². The third-order valence-electron chi connectivity index (χ3n) is 1.58. The van der Waals surface area contributed by atoms with Crippen LogP contribution < -0.4 is 5.48 Å². The molecule has 0 radical (unpaired) electrons. The van der Waals surface area contributed by atoms with Crippen LogP contribution >= 0.6 is 0 Å². The molecule has 1 amide bonds. The minimum Gasteiger partial charge on any atom is -0.273 e. The number of carbonyl (C=O) groups excluding carboxylic acids is 1. The predicted octanol–water partition coefficient (Wildman–Crippen LogP) is 1.56. The van der Waals surface area contributed by atoms with Crippen LogP contribution in [0, 0.1) is 6.92 Å². The van der Waals surface area contributed by atoms with Crippen molar-refractivity contribution in [1.29, 1.82) is 0 Å². The molecule has 0 heterocycles. The van der Waals surface area contributed by atoms with E-state index in [9.17, 15) is 4.79 Å². The summed E-state index contributed by atoms with van der Waals surface area (Å²) in [7, 11) is 0. The lowest BCUT2D eigenvalue weighted by molar-refractivity contribution is -0.132. The summed E-state index contributed by atoms with van der Waals surface area (Å²) in [5.74, 6) is -0.188. The number of nitrogens with one attached hydrogen (secondary N) is 1. The lowest BCUT2D eigenvalue weighted by Gasteiger charge is -2.03. The molecule has 0 aromatic heterocycles. The largest absolute Gasteiger partial charge is 0.273 e. The second kappa shape index (κ2) is 4.62. The maximum Gasteiger partial charge on any atom is 0.240 e. The van der Waals surface area contributed by atoms with E-state index in [2.05, 4.69) is 5.48 Å². The molecule has 3 heteroatoms. The van der Waals surface area contributed by atoms with Gasteiger partial charge in [0, 0.05) is 6.92 Å². The molecule has 3 nitrogen and oxygen atoms in total. The van der Waals surface area contributed by atoms with Gasteiger partial charge in [-0.05, 0) is 12.5 Å². The van der Waals surface area contributed by atoms with Crippen LogP contribution in [0.3, 0.4) is 0 Å². The van der Waals surface area contributed by atoms with Gasteiger partial charge >= 0.3 is 0 Å². The highest BCUT2D eigenvalue weighted by atomic mass is 16.6. The van der Waals surface area contributed by atoms with Gasteiger partial charge in [0.1, 0.15) is 0 Å². The van der Waals surface area contributed by atoms with Crippen LogP contribution in [0.4, 0.5) is 0 Å². The van der Waals surface area contributed by atoms with E-state index in [1.54, 1.807) is 0 Å². The molecule has 1 N–H and O–H groups in total. The molecular formula is C10H13NO2. The highest BCUT2D eigenvalue weighted by Gasteiger charge is 1.93. The van der Waals surface area contributed by atoms with Gasteiger partial charge in [0.15, 0.2) is 0 Å².